The van der Waals surface area contributed by atoms with Crippen molar-refractivity contribution in [3.63, 3.8) is 0 Å². The molecule has 6 rings (SSSR count). The van der Waals surface area contributed by atoms with Gasteiger partial charge in [0.2, 0.25) is 6.79 Å². The summed E-state index contributed by atoms with van der Waals surface area (Å²) >= 11 is 1.16. The lowest BCUT2D eigenvalue weighted by Gasteiger charge is -2.24. The zero-order valence-corrected chi connectivity index (χ0v) is 23.1. The standard InChI is InChI=1S/C29H25N3O8S/c1-4-37-28(34)25-16(3)30-29-31(26(25)17-6-9-22-23(12-17)39-14-38-22)27(33)24(41-29)13-18-7-10-21(40-18)19-8-5-15(2)11-20(19)32(35)36/h5-13,26,32,35H,4,14H2,1-3H3/b24-13-. The lowest BCUT2D eigenvalue weighted by molar-refractivity contribution is -0.991. The van der Waals surface area contributed by atoms with Crippen LogP contribution in [0, 0.1) is 12.1 Å². The van der Waals surface area contributed by atoms with E-state index in [1.165, 1.54) is 4.57 Å². The molecule has 2 atom stereocenters. The van der Waals surface area contributed by atoms with Crippen molar-refractivity contribution in [3.8, 4) is 22.8 Å². The summed E-state index contributed by atoms with van der Waals surface area (Å²) in [5.74, 6) is 1.26. The highest BCUT2D eigenvalue weighted by Crippen LogP contribution is 2.38. The molecular formula is C29H25N3O8S. The lowest BCUT2D eigenvalue weighted by atomic mass is 9.95. The number of allylic oxidation sites excluding steroid dienone is 1. The second-order valence-electron chi connectivity index (χ2n) is 9.47. The fourth-order valence-electron chi connectivity index (χ4n) is 4.94. The van der Waals surface area contributed by atoms with E-state index in [0.29, 0.717) is 49.2 Å². The van der Waals surface area contributed by atoms with Crippen LogP contribution in [0.2, 0.25) is 0 Å². The highest BCUT2D eigenvalue weighted by atomic mass is 32.1. The van der Waals surface area contributed by atoms with Gasteiger partial charge in [-0.1, -0.05) is 23.5 Å². The average Bonchev–Trinajstić information content (AvgIpc) is 3.67. The Morgan fingerprint density at radius 2 is 2.00 bits per heavy atom. The highest BCUT2D eigenvalue weighted by molar-refractivity contribution is 7.07. The summed E-state index contributed by atoms with van der Waals surface area (Å²) in [4.78, 5) is 32.0. The molecule has 2 N–H and O–H groups in total. The third-order valence-corrected chi connectivity index (χ3v) is 7.78. The molecule has 2 aromatic heterocycles. The quantitative estimate of drug-likeness (QED) is 0.264. The maximum Gasteiger partial charge on any atom is 0.338 e. The van der Waals surface area contributed by atoms with E-state index in [0.717, 1.165) is 16.9 Å². The molecule has 4 aromatic rings. The van der Waals surface area contributed by atoms with Crippen LogP contribution in [0.4, 0.5) is 5.69 Å². The van der Waals surface area contributed by atoms with Crippen LogP contribution >= 0.6 is 11.3 Å². The van der Waals surface area contributed by atoms with Crippen LogP contribution in [0.25, 0.3) is 17.4 Å². The molecule has 0 spiro atoms. The van der Waals surface area contributed by atoms with E-state index in [9.17, 15) is 20.0 Å². The number of aryl methyl sites for hydroxylation is 1. The van der Waals surface area contributed by atoms with Crippen molar-refractivity contribution in [1.82, 2.24) is 4.57 Å². The molecule has 2 aliphatic heterocycles. The number of nitrogens with one attached hydrogen (secondary N) is 1. The van der Waals surface area contributed by atoms with Crippen LogP contribution in [0.1, 0.15) is 36.8 Å². The van der Waals surface area contributed by atoms with Gasteiger partial charge < -0.3 is 23.8 Å². The molecule has 210 valence electrons. The van der Waals surface area contributed by atoms with Crippen LogP contribution in [0.5, 0.6) is 11.5 Å². The summed E-state index contributed by atoms with van der Waals surface area (Å²) in [7, 11) is 0. The van der Waals surface area contributed by atoms with Crippen LogP contribution in [0.15, 0.2) is 74.0 Å². The van der Waals surface area contributed by atoms with Gasteiger partial charge in [-0.2, -0.15) is 5.23 Å². The number of carbonyl (C=O) groups is 1. The van der Waals surface area contributed by atoms with Crippen molar-refractivity contribution < 1.29 is 33.9 Å². The summed E-state index contributed by atoms with van der Waals surface area (Å²) in [6, 6.07) is 12.9. The number of hydrogen-bond donors (Lipinski definition) is 2. The maximum absolute atomic E-state index is 13.9. The van der Waals surface area contributed by atoms with E-state index in [-0.39, 0.29) is 30.2 Å². The van der Waals surface area contributed by atoms with E-state index >= 15 is 0 Å². The van der Waals surface area contributed by atoms with Gasteiger partial charge in [0.1, 0.15) is 11.5 Å². The number of rotatable bonds is 6. The van der Waals surface area contributed by atoms with Gasteiger partial charge in [-0.3, -0.25) is 9.36 Å². The fourth-order valence-corrected chi connectivity index (χ4v) is 5.97. The van der Waals surface area contributed by atoms with Crippen LogP contribution in [0.3, 0.4) is 0 Å². The molecule has 0 radical (unpaired) electrons. The minimum Gasteiger partial charge on any atom is -0.595 e. The van der Waals surface area contributed by atoms with E-state index in [1.807, 2.05) is 13.0 Å². The van der Waals surface area contributed by atoms with Gasteiger partial charge in [-0.05, 0) is 62.2 Å². The number of ether oxygens (including phenoxy) is 3. The molecule has 0 saturated carbocycles. The van der Waals surface area contributed by atoms with Gasteiger partial charge in [-0.15, -0.1) is 0 Å². The van der Waals surface area contributed by atoms with Gasteiger partial charge in [0.25, 0.3) is 5.56 Å². The van der Waals surface area contributed by atoms with E-state index in [2.05, 4.69) is 4.99 Å². The molecule has 0 bridgehead atoms. The number of aromatic nitrogens is 1. The number of hydrogen-bond acceptors (Lipinski definition) is 10. The molecule has 11 nitrogen and oxygen atoms in total. The van der Waals surface area contributed by atoms with Crippen LogP contribution in [-0.4, -0.2) is 29.1 Å². The van der Waals surface area contributed by atoms with Gasteiger partial charge in [0.05, 0.1) is 34.0 Å². The van der Waals surface area contributed by atoms with Crippen molar-refractivity contribution >= 4 is 29.1 Å². The van der Waals surface area contributed by atoms with Gasteiger partial charge in [-0.25, -0.2) is 15.0 Å². The second kappa shape index (κ2) is 10.5. The van der Waals surface area contributed by atoms with Crippen LogP contribution < -0.4 is 29.6 Å². The van der Waals surface area contributed by atoms with Crippen molar-refractivity contribution in [2.24, 2.45) is 4.99 Å². The maximum atomic E-state index is 13.9. The first-order valence-corrected chi connectivity index (χ1v) is 13.6. The Morgan fingerprint density at radius 3 is 2.78 bits per heavy atom. The number of carbonyl (C=O) groups excluding carboxylic acids is 1. The first-order chi connectivity index (χ1) is 19.7. The normalized spacial score (nSPS) is 16.9. The number of furan rings is 1. The smallest absolute Gasteiger partial charge is 0.338 e. The largest absolute Gasteiger partial charge is 0.595 e. The Bertz CT molecular complexity index is 1900. The Labute approximate surface area is 237 Å². The Hall–Kier alpha value is -4.49. The van der Waals surface area contributed by atoms with Gasteiger partial charge in [0.15, 0.2) is 22.0 Å². The first kappa shape index (κ1) is 26.7. The number of thiazole rings is 1. The Kier molecular flexibility index (Phi) is 6.83. The fraction of sp³-hybridized carbons (Fsp3) is 0.207. The van der Waals surface area contributed by atoms with E-state index in [4.69, 9.17) is 18.6 Å². The Morgan fingerprint density at radius 1 is 1.20 bits per heavy atom. The highest BCUT2D eigenvalue weighted by Gasteiger charge is 2.34. The predicted molar refractivity (Wildman–Crippen MR) is 148 cm³/mol. The van der Waals surface area contributed by atoms with Gasteiger partial charge in [0, 0.05) is 12.1 Å². The molecule has 12 heteroatoms. The van der Waals surface area contributed by atoms with E-state index < -0.39 is 17.2 Å². The molecule has 4 heterocycles. The number of esters is 1. The van der Waals surface area contributed by atoms with Gasteiger partial charge >= 0.3 is 5.97 Å². The monoisotopic (exact) mass is 575 g/mol. The summed E-state index contributed by atoms with van der Waals surface area (Å²) in [5.41, 5.74) is 2.34. The summed E-state index contributed by atoms with van der Waals surface area (Å²) in [6.07, 6.45) is 1.59. The van der Waals surface area contributed by atoms with E-state index in [1.54, 1.807) is 62.4 Å². The zero-order chi connectivity index (χ0) is 28.8. The number of fused-ring (bicyclic) bond motifs is 2. The molecule has 2 aromatic carbocycles. The topological polar surface area (TPSA) is 140 Å². The first-order valence-electron chi connectivity index (χ1n) is 12.8. The van der Waals surface area contributed by atoms with Crippen molar-refractivity contribution in [1.29, 1.82) is 0 Å². The molecule has 41 heavy (non-hydrogen) atoms. The molecule has 0 aliphatic carbocycles. The van der Waals surface area contributed by atoms with Crippen LogP contribution in [-0.2, 0) is 9.53 Å². The number of benzene rings is 2. The molecule has 2 unspecified atom stereocenters. The van der Waals surface area contributed by atoms with Crippen molar-refractivity contribution in [2.45, 2.75) is 26.8 Å². The molecule has 0 fully saturated rings. The average molecular weight is 576 g/mol. The predicted octanol–water partition coefficient (Wildman–Crippen LogP) is 2.50. The SMILES string of the molecule is CCOC(=O)C1=C(C)N=c2s/c(=C\c3ccc(-c4ccc(C)cc4[NH+]([O-])O)o3)c(=O)n2C1c1ccc2c(c1)OCO2. The third-order valence-electron chi connectivity index (χ3n) is 6.80. The number of quaternary nitrogens is 1. The number of nitrogens with zero attached hydrogens (tertiary/aromatic N) is 2. The van der Waals surface area contributed by atoms with Crippen molar-refractivity contribution in [3.05, 3.63) is 102 Å². The summed E-state index contributed by atoms with van der Waals surface area (Å²) in [6.45, 7) is 5.49. The summed E-state index contributed by atoms with van der Waals surface area (Å²) in [5, 5.41) is 20.4. The molecule has 0 amide bonds. The second-order valence-corrected chi connectivity index (χ2v) is 10.5. The van der Waals surface area contributed by atoms with Crippen molar-refractivity contribution in [2.75, 3.05) is 13.4 Å². The molecule has 0 saturated heterocycles. The third kappa shape index (κ3) is 4.76. The lowest BCUT2D eigenvalue weighted by Crippen LogP contribution is -2.99. The zero-order valence-electron chi connectivity index (χ0n) is 22.3. The minimum absolute atomic E-state index is 0.0861. The minimum atomic E-state index is -1.06. The Balaban J connectivity index is 1.47. The molecule has 2 aliphatic rings. The molecular weight excluding hydrogens is 550 g/mol. The summed E-state index contributed by atoms with van der Waals surface area (Å²) < 4.78 is 24.1.